The molecule has 1 aliphatic rings. The van der Waals surface area contributed by atoms with Gasteiger partial charge in [-0.25, -0.2) is 4.99 Å². The molecule has 0 aromatic heterocycles. The van der Waals surface area contributed by atoms with E-state index in [-0.39, 0.29) is 18.0 Å². The Kier molecular flexibility index (Phi) is 6.22. The highest BCUT2D eigenvalue weighted by molar-refractivity contribution is 5.99. The molecule has 2 aromatic rings. The molecule has 2 atom stereocenters. The van der Waals surface area contributed by atoms with E-state index < -0.39 is 5.41 Å². The SMILES string of the molecule is C=NC(=O)c1ccc2c(c1)CCc1cc(C)ccc1C2(C[C@H](C)N)C(N)=NC(C)C. The average molecular weight is 405 g/mol. The van der Waals surface area contributed by atoms with Crippen LogP contribution in [-0.2, 0) is 18.3 Å². The summed E-state index contributed by atoms with van der Waals surface area (Å²) in [6, 6.07) is 12.3. The Labute approximate surface area is 179 Å². The topological polar surface area (TPSA) is 93.8 Å². The summed E-state index contributed by atoms with van der Waals surface area (Å²) in [5.74, 6) is 0.251. The van der Waals surface area contributed by atoms with Crippen LogP contribution >= 0.6 is 0 Å². The summed E-state index contributed by atoms with van der Waals surface area (Å²) in [7, 11) is 0. The predicted octanol–water partition coefficient (Wildman–Crippen LogP) is 3.72. The van der Waals surface area contributed by atoms with Gasteiger partial charge in [-0.2, -0.15) is 0 Å². The molecular weight excluding hydrogens is 372 g/mol. The van der Waals surface area contributed by atoms with Crippen LogP contribution < -0.4 is 11.5 Å². The fourth-order valence-electron chi connectivity index (χ4n) is 4.67. The van der Waals surface area contributed by atoms with Crippen molar-refractivity contribution in [1.29, 1.82) is 0 Å². The Morgan fingerprint density at radius 3 is 2.27 bits per heavy atom. The Hall–Kier alpha value is -2.79. The van der Waals surface area contributed by atoms with E-state index in [0.29, 0.717) is 17.8 Å². The maximum Gasteiger partial charge on any atom is 0.276 e. The van der Waals surface area contributed by atoms with Crippen LogP contribution in [0.15, 0.2) is 46.4 Å². The zero-order chi connectivity index (χ0) is 22.1. The van der Waals surface area contributed by atoms with Crippen LogP contribution in [0.1, 0.15) is 65.4 Å². The lowest BCUT2D eigenvalue weighted by atomic mass is 9.67. The lowest BCUT2D eigenvalue weighted by Gasteiger charge is -2.38. The van der Waals surface area contributed by atoms with E-state index >= 15 is 0 Å². The van der Waals surface area contributed by atoms with Crippen molar-refractivity contribution in [3.05, 3.63) is 69.8 Å². The highest BCUT2D eigenvalue weighted by Gasteiger charge is 2.43. The number of aryl methyl sites for hydroxylation is 3. The van der Waals surface area contributed by atoms with Gasteiger partial charge in [0, 0.05) is 17.6 Å². The number of nitrogens with zero attached hydrogens (tertiary/aromatic N) is 2. The van der Waals surface area contributed by atoms with E-state index in [1.165, 1.54) is 11.1 Å². The highest BCUT2D eigenvalue weighted by atomic mass is 16.1. The van der Waals surface area contributed by atoms with Crippen molar-refractivity contribution in [2.24, 2.45) is 21.5 Å². The van der Waals surface area contributed by atoms with Crippen molar-refractivity contribution in [3.63, 3.8) is 0 Å². The quantitative estimate of drug-likeness (QED) is 0.587. The fourth-order valence-corrected chi connectivity index (χ4v) is 4.67. The number of fused-ring (bicyclic) bond motifs is 2. The Balaban J connectivity index is 2.39. The van der Waals surface area contributed by atoms with Crippen molar-refractivity contribution in [3.8, 4) is 0 Å². The monoisotopic (exact) mass is 404 g/mol. The molecule has 0 aliphatic heterocycles. The van der Waals surface area contributed by atoms with Crippen LogP contribution in [0, 0.1) is 6.92 Å². The molecule has 30 heavy (non-hydrogen) atoms. The largest absolute Gasteiger partial charge is 0.386 e. The molecule has 3 rings (SSSR count). The van der Waals surface area contributed by atoms with Gasteiger partial charge in [-0.3, -0.25) is 9.79 Å². The highest BCUT2D eigenvalue weighted by Crippen LogP contribution is 2.44. The Bertz CT molecular complexity index is 1010. The minimum absolute atomic E-state index is 0.0568. The van der Waals surface area contributed by atoms with Gasteiger partial charge in [0.1, 0.15) is 5.84 Å². The predicted molar refractivity (Wildman–Crippen MR) is 125 cm³/mol. The molecule has 2 aromatic carbocycles. The van der Waals surface area contributed by atoms with Gasteiger partial charge in [0.05, 0.1) is 5.41 Å². The third-order valence-electron chi connectivity index (χ3n) is 5.80. The second-order valence-electron chi connectivity index (χ2n) is 8.69. The summed E-state index contributed by atoms with van der Waals surface area (Å²) in [6.07, 6.45) is 2.30. The molecule has 4 N–H and O–H groups in total. The first-order valence-corrected chi connectivity index (χ1v) is 10.5. The van der Waals surface area contributed by atoms with Gasteiger partial charge in [-0.1, -0.05) is 29.8 Å². The zero-order valence-electron chi connectivity index (χ0n) is 18.4. The molecule has 5 nitrogen and oxygen atoms in total. The first kappa shape index (κ1) is 21.9. The third kappa shape index (κ3) is 3.94. The summed E-state index contributed by atoms with van der Waals surface area (Å²) >= 11 is 0. The lowest BCUT2D eigenvalue weighted by molar-refractivity contribution is 0.100. The number of aliphatic imine (C=N–C) groups is 2. The second-order valence-corrected chi connectivity index (χ2v) is 8.69. The first-order chi connectivity index (χ1) is 14.2. The molecular formula is C25H32N4O. The molecule has 0 radical (unpaired) electrons. The number of amides is 1. The van der Waals surface area contributed by atoms with Crippen molar-refractivity contribution in [1.82, 2.24) is 0 Å². The number of rotatable bonds is 5. The number of amidine groups is 1. The molecule has 0 bridgehead atoms. The van der Waals surface area contributed by atoms with Crippen LogP contribution in [0.25, 0.3) is 0 Å². The van der Waals surface area contributed by atoms with Crippen LogP contribution in [-0.4, -0.2) is 30.5 Å². The van der Waals surface area contributed by atoms with E-state index in [1.807, 2.05) is 39.0 Å². The molecule has 0 heterocycles. The first-order valence-electron chi connectivity index (χ1n) is 10.5. The van der Waals surface area contributed by atoms with Gasteiger partial charge >= 0.3 is 0 Å². The molecule has 1 aliphatic carbocycles. The number of hydrogen-bond donors (Lipinski definition) is 2. The van der Waals surface area contributed by atoms with Crippen LogP contribution in [0.4, 0.5) is 0 Å². The third-order valence-corrected chi connectivity index (χ3v) is 5.80. The van der Waals surface area contributed by atoms with Crippen molar-refractivity contribution in [2.45, 2.75) is 64.5 Å². The molecule has 158 valence electrons. The standard InChI is InChI=1S/C25H32N4O/c1-15(2)29-24(27)25(14-17(4)26)21-10-6-16(3)12-18(21)7-8-19-13-20(23(30)28-5)9-11-22(19)25/h6,9-13,15,17H,5,7-8,14,26H2,1-4H3,(H2,27,29)/t17-,25?/m0/s1. The van der Waals surface area contributed by atoms with Gasteiger partial charge in [0.2, 0.25) is 0 Å². The number of hydrogen-bond acceptors (Lipinski definition) is 3. The second kappa shape index (κ2) is 8.52. The summed E-state index contributed by atoms with van der Waals surface area (Å²) < 4.78 is 0. The van der Waals surface area contributed by atoms with E-state index in [2.05, 4.69) is 36.8 Å². The minimum Gasteiger partial charge on any atom is -0.386 e. The Morgan fingerprint density at radius 1 is 1.10 bits per heavy atom. The summed E-state index contributed by atoms with van der Waals surface area (Å²) in [5, 5.41) is 0. The smallest absolute Gasteiger partial charge is 0.276 e. The fraction of sp³-hybridized carbons (Fsp3) is 0.400. The molecule has 0 fully saturated rings. The van der Waals surface area contributed by atoms with Crippen molar-refractivity contribution >= 4 is 18.5 Å². The van der Waals surface area contributed by atoms with Gasteiger partial charge in [0.15, 0.2) is 0 Å². The molecule has 0 saturated carbocycles. The number of benzene rings is 2. The van der Waals surface area contributed by atoms with Crippen molar-refractivity contribution < 1.29 is 4.79 Å². The van der Waals surface area contributed by atoms with Crippen LogP contribution in [0.5, 0.6) is 0 Å². The Morgan fingerprint density at radius 2 is 1.70 bits per heavy atom. The minimum atomic E-state index is -0.642. The van der Waals surface area contributed by atoms with E-state index in [9.17, 15) is 4.79 Å². The lowest BCUT2D eigenvalue weighted by Crippen LogP contribution is -2.47. The van der Waals surface area contributed by atoms with Crippen molar-refractivity contribution in [2.75, 3.05) is 0 Å². The normalized spacial score (nSPS) is 19.6. The van der Waals surface area contributed by atoms with Crippen LogP contribution in [0.2, 0.25) is 0 Å². The zero-order valence-corrected chi connectivity index (χ0v) is 18.4. The van der Waals surface area contributed by atoms with E-state index in [1.54, 1.807) is 0 Å². The van der Waals surface area contributed by atoms with Crippen LogP contribution in [0.3, 0.4) is 0 Å². The molecule has 1 unspecified atom stereocenters. The summed E-state index contributed by atoms with van der Waals surface area (Å²) in [6.45, 7) is 11.5. The number of carbonyl (C=O) groups excluding carboxylic acids is 1. The van der Waals surface area contributed by atoms with E-state index in [4.69, 9.17) is 16.5 Å². The van der Waals surface area contributed by atoms with Gasteiger partial charge < -0.3 is 11.5 Å². The van der Waals surface area contributed by atoms with Gasteiger partial charge in [-0.05, 0) is 88.1 Å². The molecule has 1 amide bonds. The maximum atomic E-state index is 12.2. The summed E-state index contributed by atoms with van der Waals surface area (Å²) in [5.41, 5.74) is 18.9. The molecule has 0 spiro atoms. The maximum absolute atomic E-state index is 12.2. The summed E-state index contributed by atoms with van der Waals surface area (Å²) in [4.78, 5) is 20.6. The number of nitrogens with two attached hydrogens (primary N) is 2. The molecule has 5 heteroatoms. The van der Waals surface area contributed by atoms with E-state index in [0.717, 1.165) is 29.5 Å². The molecule has 0 saturated heterocycles. The van der Waals surface area contributed by atoms with Gasteiger partial charge in [-0.15, -0.1) is 0 Å². The number of carbonyl (C=O) groups is 1. The average Bonchev–Trinajstić information content (AvgIpc) is 2.81. The van der Waals surface area contributed by atoms with Gasteiger partial charge in [0.25, 0.3) is 5.91 Å².